The highest BCUT2D eigenvalue weighted by molar-refractivity contribution is 6.31. The SMILES string of the molecule is Nc1cc(Cl)ccc1C(=O)O[C@@H](C(=O)N1CCCC1)c1ccccc1. The van der Waals surface area contributed by atoms with Crippen molar-refractivity contribution in [3.63, 3.8) is 0 Å². The van der Waals surface area contributed by atoms with Gasteiger partial charge in [-0.3, -0.25) is 4.79 Å². The largest absolute Gasteiger partial charge is 0.444 e. The Hall–Kier alpha value is -2.53. The van der Waals surface area contributed by atoms with E-state index in [1.165, 1.54) is 12.1 Å². The molecule has 1 atom stereocenters. The second kappa shape index (κ2) is 7.57. The molecule has 0 unspecified atom stereocenters. The number of anilines is 1. The maximum atomic E-state index is 12.8. The highest BCUT2D eigenvalue weighted by atomic mass is 35.5. The molecule has 0 aromatic heterocycles. The maximum Gasteiger partial charge on any atom is 0.341 e. The molecule has 3 rings (SSSR count). The van der Waals surface area contributed by atoms with Crippen molar-refractivity contribution in [3.8, 4) is 0 Å². The van der Waals surface area contributed by atoms with Crippen LogP contribution >= 0.6 is 11.6 Å². The van der Waals surface area contributed by atoms with Gasteiger partial charge in [0.15, 0.2) is 0 Å². The predicted molar refractivity (Wildman–Crippen MR) is 96.3 cm³/mol. The number of hydrogen-bond donors (Lipinski definition) is 1. The number of hydrogen-bond acceptors (Lipinski definition) is 4. The van der Waals surface area contributed by atoms with E-state index in [0.29, 0.717) is 23.7 Å². The Morgan fingerprint density at radius 2 is 1.76 bits per heavy atom. The third kappa shape index (κ3) is 3.94. The zero-order valence-electron chi connectivity index (χ0n) is 13.7. The smallest absolute Gasteiger partial charge is 0.341 e. The fourth-order valence-electron chi connectivity index (χ4n) is 2.88. The molecule has 0 spiro atoms. The minimum Gasteiger partial charge on any atom is -0.444 e. The molecule has 130 valence electrons. The molecule has 1 saturated heterocycles. The average Bonchev–Trinajstić information content (AvgIpc) is 3.14. The number of nitrogens with zero attached hydrogens (tertiary/aromatic N) is 1. The second-order valence-electron chi connectivity index (χ2n) is 5.96. The van der Waals surface area contributed by atoms with Crippen LogP contribution in [0, 0.1) is 0 Å². The van der Waals surface area contributed by atoms with Gasteiger partial charge in [0, 0.05) is 29.4 Å². The van der Waals surface area contributed by atoms with Gasteiger partial charge in [-0.25, -0.2) is 4.79 Å². The normalized spacial score (nSPS) is 15.0. The summed E-state index contributed by atoms with van der Waals surface area (Å²) in [7, 11) is 0. The Kier molecular flexibility index (Phi) is 5.24. The molecule has 1 fully saturated rings. The van der Waals surface area contributed by atoms with Crippen molar-refractivity contribution in [2.75, 3.05) is 18.8 Å². The van der Waals surface area contributed by atoms with Crippen LogP contribution in [0.15, 0.2) is 48.5 Å². The Bertz CT molecular complexity index is 773. The lowest BCUT2D eigenvalue weighted by Gasteiger charge is -2.23. The number of likely N-dealkylation sites (tertiary alicyclic amines) is 1. The van der Waals surface area contributed by atoms with E-state index in [-0.39, 0.29) is 17.2 Å². The summed E-state index contributed by atoms with van der Waals surface area (Å²) in [6, 6.07) is 13.6. The number of amides is 1. The quantitative estimate of drug-likeness (QED) is 0.671. The van der Waals surface area contributed by atoms with Crippen LogP contribution < -0.4 is 5.73 Å². The van der Waals surface area contributed by atoms with E-state index in [0.717, 1.165) is 12.8 Å². The van der Waals surface area contributed by atoms with Crippen molar-refractivity contribution in [3.05, 3.63) is 64.7 Å². The first-order chi connectivity index (χ1) is 12.1. The van der Waals surface area contributed by atoms with E-state index < -0.39 is 12.1 Å². The lowest BCUT2D eigenvalue weighted by molar-refractivity contribution is -0.140. The van der Waals surface area contributed by atoms with Crippen LogP contribution in [-0.2, 0) is 9.53 Å². The van der Waals surface area contributed by atoms with Crippen LogP contribution in [0.3, 0.4) is 0 Å². The Morgan fingerprint density at radius 1 is 1.08 bits per heavy atom. The number of nitrogens with two attached hydrogens (primary N) is 1. The van der Waals surface area contributed by atoms with Crippen LogP contribution in [0.25, 0.3) is 0 Å². The molecular weight excluding hydrogens is 340 g/mol. The van der Waals surface area contributed by atoms with Gasteiger partial charge in [0.1, 0.15) is 0 Å². The molecule has 25 heavy (non-hydrogen) atoms. The minimum atomic E-state index is -0.984. The van der Waals surface area contributed by atoms with Gasteiger partial charge < -0.3 is 15.4 Å². The molecule has 1 heterocycles. The van der Waals surface area contributed by atoms with E-state index in [9.17, 15) is 9.59 Å². The molecule has 0 aliphatic carbocycles. The first-order valence-electron chi connectivity index (χ1n) is 8.16. The van der Waals surface area contributed by atoms with E-state index in [1.54, 1.807) is 23.1 Å². The second-order valence-corrected chi connectivity index (χ2v) is 6.40. The first kappa shape index (κ1) is 17.3. The van der Waals surface area contributed by atoms with Gasteiger partial charge in [0.05, 0.1) is 5.56 Å². The Labute approximate surface area is 151 Å². The molecule has 1 aliphatic rings. The Morgan fingerprint density at radius 3 is 2.40 bits per heavy atom. The molecule has 0 saturated carbocycles. The summed E-state index contributed by atoms with van der Waals surface area (Å²) in [6.07, 6.45) is 0.943. The average molecular weight is 359 g/mol. The number of carbonyl (C=O) groups excluding carboxylic acids is 2. The monoisotopic (exact) mass is 358 g/mol. The van der Waals surface area contributed by atoms with Crippen molar-refractivity contribution >= 4 is 29.2 Å². The van der Waals surface area contributed by atoms with Crippen molar-refractivity contribution in [1.82, 2.24) is 4.90 Å². The van der Waals surface area contributed by atoms with Crippen molar-refractivity contribution in [1.29, 1.82) is 0 Å². The molecule has 1 aliphatic heterocycles. The molecule has 0 radical (unpaired) electrons. The number of carbonyl (C=O) groups is 2. The van der Waals surface area contributed by atoms with E-state index in [4.69, 9.17) is 22.1 Å². The third-order valence-corrected chi connectivity index (χ3v) is 4.44. The summed E-state index contributed by atoms with van der Waals surface area (Å²) in [5.41, 5.74) is 6.91. The highest BCUT2D eigenvalue weighted by Gasteiger charge is 2.31. The van der Waals surface area contributed by atoms with Gasteiger partial charge in [0.2, 0.25) is 6.10 Å². The summed E-state index contributed by atoms with van der Waals surface area (Å²) in [4.78, 5) is 27.1. The van der Waals surface area contributed by atoms with Gasteiger partial charge in [-0.1, -0.05) is 41.9 Å². The van der Waals surface area contributed by atoms with Gasteiger partial charge in [-0.2, -0.15) is 0 Å². The highest BCUT2D eigenvalue weighted by Crippen LogP contribution is 2.26. The van der Waals surface area contributed by atoms with Gasteiger partial charge in [-0.05, 0) is 31.0 Å². The fourth-order valence-corrected chi connectivity index (χ4v) is 3.06. The Balaban J connectivity index is 1.86. The standard InChI is InChI=1S/C19H19ClN2O3/c20-14-8-9-15(16(21)12-14)19(24)25-17(13-6-2-1-3-7-13)18(23)22-10-4-5-11-22/h1-3,6-9,12,17H,4-5,10-11,21H2/t17-/m1/s1. The van der Waals surface area contributed by atoms with Crippen LogP contribution in [0.5, 0.6) is 0 Å². The topological polar surface area (TPSA) is 72.6 Å². The molecule has 0 bridgehead atoms. The van der Waals surface area contributed by atoms with Crippen molar-refractivity contribution in [2.24, 2.45) is 0 Å². The molecular formula is C19H19ClN2O3. The van der Waals surface area contributed by atoms with E-state index in [1.807, 2.05) is 18.2 Å². The van der Waals surface area contributed by atoms with Crippen molar-refractivity contribution in [2.45, 2.75) is 18.9 Å². The lowest BCUT2D eigenvalue weighted by Crippen LogP contribution is -2.35. The summed E-state index contributed by atoms with van der Waals surface area (Å²) in [5, 5.41) is 0.432. The molecule has 2 N–H and O–H groups in total. The summed E-state index contributed by atoms with van der Waals surface area (Å²) in [6.45, 7) is 1.37. The molecule has 2 aromatic rings. The van der Waals surface area contributed by atoms with E-state index >= 15 is 0 Å². The van der Waals surface area contributed by atoms with Crippen LogP contribution in [0.2, 0.25) is 5.02 Å². The zero-order valence-corrected chi connectivity index (χ0v) is 14.4. The van der Waals surface area contributed by atoms with Gasteiger partial charge >= 0.3 is 5.97 Å². The number of nitrogen functional groups attached to an aromatic ring is 1. The van der Waals surface area contributed by atoms with Crippen molar-refractivity contribution < 1.29 is 14.3 Å². The lowest BCUT2D eigenvalue weighted by atomic mass is 10.1. The summed E-state index contributed by atoms with van der Waals surface area (Å²) < 4.78 is 5.56. The van der Waals surface area contributed by atoms with Gasteiger partial charge in [-0.15, -0.1) is 0 Å². The number of rotatable bonds is 4. The third-order valence-electron chi connectivity index (χ3n) is 4.20. The summed E-state index contributed by atoms with van der Waals surface area (Å²) in [5.74, 6) is -0.847. The van der Waals surface area contributed by atoms with Crippen LogP contribution in [0.4, 0.5) is 5.69 Å². The van der Waals surface area contributed by atoms with Crippen LogP contribution in [-0.4, -0.2) is 29.9 Å². The fraction of sp³-hybridized carbons (Fsp3) is 0.263. The molecule has 2 aromatic carbocycles. The summed E-state index contributed by atoms with van der Waals surface area (Å²) >= 11 is 5.87. The number of benzene rings is 2. The van der Waals surface area contributed by atoms with E-state index in [2.05, 4.69) is 0 Å². The molecule has 6 heteroatoms. The number of esters is 1. The van der Waals surface area contributed by atoms with Crippen LogP contribution in [0.1, 0.15) is 34.9 Å². The number of ether oxygens (including phenoxy) is 1. The first-order valence-corrected chi connectivity index (χ1v) is 8.54. The zero-order chi connectivity index (χ0) is 17.8. The maximum absolute atomic E-state index is 12.8. The predicted octanol–water partition coefficient (Wildman–Crippen LogP) is 3.44. The minimum absolute atomic E-state index is 0.194. The number of halogens is 1. The van der Waals surface area contributed by atoms with Gasteiger partial charge in [0.25, 0.3) is 5.91 Å². The molecule has 1 amide bonds. The molecule has 5 nitrogen and oxygen atoms in total.